The Balaban J connectivity index is 1.84. The van der Waals surface area contributed by atoms with Crippen LogP contribution >= 0.6 is 7.75 Å². The van der Waals surface area contributed by atoms with Crippen molar-refractivity contribution in [1.29, 1.82) is 0 Å². The molecule has 0 spiro atoms. The molecule has 2 rings (SSSR count). The average molecular weight is 505 g/mol. The van der Waals surface area contributed by atoms with Crippen LogP contribution in [0.2, 0.25) is 0 Å². The standard InChI is InChI=1S/C26H37N2O6P/c1-19(2)33-35(30,34-20(3)4)27-15-7-8-26(29)28-23-13-11-21(12-14-23)9-10-22-16-24(31-5)18-25(17-22)32-6/h9-14,16-20H,7-8,15H2,1-6H3,(H,27,30)(H,28,29)/b10-9+. The molecule has 2 aromatic carbocycles. The highest BCUT2D eigenvalue weighted by Gasteiger charge is 2.27. The molecular weight excluding hydrogens is 467 g/mol. The first-order valence-electron chi connectivity index (χ1n) is 11.7. The Kier molecular flexibility index (Phi) is 11.5. The maximum atomic E-state index is 12.7. The van der Waals surface area contributed by atoms with Crippen molar-refractivity contribution in [2.75, 3.05) is 26.1 Å². The van der Waals surface area contributed by atoms with Crippen LogP contribution in [0, 0.1) is 0 Å². The van der Waals surface area contributed by atoms with Gasteiger partial charge in [0.15, 0.2) is 0 Å². The van der Waals surface area contributed by atoms with Gasteiger partial charge in [-0.3, -0.25) is 13.8 Å². The summed E-state index contributed by atoms with van der Waals surface area (Å²) in [5.41, 5.74) is 2.65. The first-order chi connectivity index (χ1) is 16.6. The topological polar surface area (TPSA) is 95.1 Å². The van der Waals surface area contributed by atoms with Crippen LogP contribution in [0.5, 0.6) is 11.5 Å². The molecule has 0 atom stereocenters. The second-order valence-corrected chi connectivity index (χ2v) is 10.2. The molecule has 0 fully saturated rings. The van der Waals surface area contributed by atoms with Crippen LogP contribution in [0.3, 0.4) is 0 Å². The molecule has 1 amide bonds. The van der Waals surface area contributed by atoms with Gasteiger partial charge in [0.05, 0.1) is 26.4 Å². The summed E-state index contributed by atoms with van der Waals surface area (Å²) < 4.78 is 34.2. The van der Waals surface area contributed by atoms with E-state index in [2.05, 4.69) is 10.4 Å². The van der Waals surface area contributed by atoms with E-state index in [4.69, 9.17) is 18.5 Å². The predicted octanol–water partition coefficient (Wildman–Crippen LogP) is 6.14. The van der Waals surface area contributed by atoms with Gasteiger partial charge in [0.1, 0.15) is 11.5 Å². The molecule has 35 heavy (non-hydrogen) atoms. The first-order valence-corrected chi connectivity index (χ1v) is 13.2. The number of hydrogen-bond donors (Lipinski definition) is 2. The van der Waals surface area contributed by atoms with Crippen molar-refractivity contribution in [3.8, 4) is 11.5 Å². The average Bonchev–Trinajstić information content (AvgIpc) is 2.80. The highest BCUT2D eigenvalue weighted by molar-refractivity contribution is 7.51. The normalized spacial score (nSPS) is 11.9. The lowest BCUT2D eigenvalue weighted by Crippen LogP contribution is -2.22. The molecule has 2 aromatic rings. The number of nitrogens with one attached hydrogen (secondary N) is 2. The summed E-state index contributed by atoms with van der Waals surface area (Å²) >= 11 is 0. The van der Waals surface area contributed by atoms with E-state index in [0.717, 1.165) is 22.6 Å². The Morgan fingerprint density at radius 2 is 1.43 bits per heavy atom. The maximum absolute atomic E-state index is 12.7. The number of methoxy groups -OCH3 is 2. The van der Waals surface area contributed by atoms with Crippen molar-refractivity contribution in [3.05, 3.63) is 53.6 Å². The van der Waals surface area contributed by atoms with Gasteiger partial charge in [-0.15, -0.1) is 0 Å². The SMILES string of the molecule is COc1cc(/C=C/c2ccc(NC(=O)CCCNP(=O)(OC(C)C)OC(C)C)cc2)cc(OC)c1. The van der Waals surface area contributed by atoms with E-state index < -0.39 is 7.75 Å². The third-order valence-corrected chi connectivity index (χ3v) is 6.63. The summed E-state index contributed by atoms with van der Waals surface area (Å²) in [5.74, 6) is 1.32. The van der Waals surface area contributed by atoms with Gasteiger partial charge in [-0.1, -0.05) is 24.3 Å². The van der Waals surface area contributed by atoms with Crippen LogP contribution in [-0.4, -0.2) is 38.9 Å². The number of ether oxygens (including phenoxy) is 2. The lowest BCUT2D eigenvalue weighted by molar-refractivity contribution is -0.116. The van der Waals surface area contributed by atoms with Crippen LogP contribution in [0.25, 0.3) is 12.2 Å². The molecule has 8 nitrogen and oxygen atoms in total. The molecule has 192 valence electrons. The predicted molar refractivity (Wildman–Crippen MR) is 141 cm³/mol. The molecule has 0 unspecified atom stereocenters. The van der Waals surface area contributed by atoms with Crippen LogP contribution in [0.15, 0.2) is 42.5 Å². The Labute approximate surface area is 208 Å². The highest BCUT2D eigenvalue weighted by Crippen LogP contribution is 2.46. The van der Waals surface area contributed by atoms with Gasteiger partial charge >= 0.3 is 7.75 Å². The summed E-state index contributed by atoms with van der Waals surface area (Å²) in [6, 6.07) is 13.2. The molecule has 0 aliphatic rings. The molecule has 0 saturated carbocycles. The molecule has 2 N–H and O–H groups in total. The van der Waals surface area contributed by atoms with Gasteiger partial charge in [-0.2, -0.15) is 0 Å². The van der Waals surface area contributed by atoms with Crippen molar-refractivity contribution in [2.45, 2.75) is 52.7 Å². The number of amides is 1. The third kappa shape index (κ3) is 10.7. The summed E-state index contributed by atoms with van der Waals surface area (Å²) in [4.78, 5) is 12.3. The quantitative estimate of drug-likeness (QED) is 0.181. The monoisotopic (exact) mass is 504 g/mol. The van der Waals surface area contributed by atoms with E-state index in [1.165, 1.54) is 0 Å². The van der Waals surface area contributed by atoms with E-state index in [1.54, 1.807) is 41.9 Å². The Bertz CT molecular complexity index is 985. The minimum atomic E-state index is -3.40. The first kappa shape index (κ1) is 28.6. The Morgan fingerprint density at radius 1 is 0.886 bits per heavy atom. The molecule has 0 aliphatic heterocycles. The second-order valence-electron chi connectivity index (χ2n) is 8.47. The van der Waals surface area contributed by atoms with Crippen molar-refractivity contribution in [1.82, 2.24) is 5.09 Å². The molecule has 0 heterocycles. The zero-order chi connectivity index (χ0) is 25.8. The van der Waals surface area contributed by atoms with E-state index in [0.29, 0.717) is 18.7 Å². The zero-order valence-corrected chi connectivity index (χ0v) is 22.3. The number of benzene rings is 2. The maximum Gasteiger partial charge on any atom is 0.406 e. The van der Waals surface area contributed by atoms with Gasteiger partial charge < -0.3 is 14.8 Å². The third-order valence-electron chi connectivity index (χ3n) is 4.62. The van der Waals surface area contributed by atoms with Gasteiger partial charge in [-0.05, 0) is 69.5 Å². The molecular formula is C26H37N2O6P. The molecule has 0 radical (unpaired) electrons. The smallest absolute Gasteiger partial charge is 0.406 e. The van der Waals surface area contributed by atoms with Crippen LogP contribution in [0.1, 0.15) is 51.7 Å². The zero-order valence-electron chi connectivity index (χ0n) is 21.4. The lowest BCUT2D eigenvalue weighted by Gasteiger charge is -2.23. The number of rotatable bonds is 14. The summed E-state index contributed by atoms with van der Waals surface area (Å²) in [6.07, 6.45) is 4.22. The lowest BCUT2D eigenvalue weighted by atomic mass is 10.1. The highest BCUT2D eigenvalue weighted by atomic mass is 31.2. The van der Waals surface area contributed by atoms with Gasteiger partial charge in [-0.25, -0.2) is 9.65 Å². The molecule has 0 aliphatic carbocycles. The van der Waals surface area contributed by atoms with Gasteiger partial charge in [0.25, 0.3) is 0 Å². The fourth-order valence-corrected chi connectivity index (χ4v) is 4.88. The summed E-state index contributed by atoms with van der Waals surface area (Å²) in [5, 5.41) is 5.71. The molecule has 9 heteroatoms. The van der Waals surface area contributed by atoms with Crippen LogP contribution in [-0.2, 0) is 18.4 Å². The Hall–Kier alpha value is -2.64. The van der Waals surface area contributed by atoms with E-state index in [9.17, 15) is 9.36 Å². The summed E-state index contributed by atoms with van der Waals surface area (Å²) in [7, 11) is -0.169. The van der Waals surface area contributed by atoms with Crippen molar-refractivity contribution in [2.24, 2.45) is 0 Å². The van der Waals surface area contributed by atoms with Crippen LogP contribution in [0.4, 0.5) is 5.69 Å². The van der Waals surface area contributed by atoms with Gasteiger partial charge in [0, 0.05) is 24.7 Å². The van der Waals surface area contributed by atoms with Crippen molar-refractivity contribution >= 4 is 31.5 Å². The molecule has 0 aromatic heterocycles. The van der Waals surface area contributed by atoms with Crippen molar-refractivity contribution < 1.29 is 27.9 Å². The molecule has 0 saturated heterocycles. The molecule has 0 bridgehead atoms. The Morgan fingerprint density at radius 3 is 1.94 bits per heavy atom. The number of anilines is 1. The van der Waals surface area contributed by atoms with Gasteiger partial charge in [0.2, 0.25) is 5.91 Å². The summed E-state index contributed by atoms with van der Waals surface area (Å²) in [6.45, 7) is 7.51. The number of carbonyl (C=O) groups excluding carboxylic acids is 1. The van der Waals surface area contributed by atoms with E-state index in [1.807, 2.05) is 54.6 Å². The van der Waals surface area contributed by atoms with E-state index >= 15 is 0 Å². The number of carbonyl (C=O) groups is 1. The largest absolute Gasteiger partial charge is 0.497 e. The van der Waals surface area contributed by atoms with E-state index in [-0.39, 0.29) is 24.5 Å². The fourth-order valence-electron chi connectivity index (χ4n) is 3.14. The fraction of sp³-hybridized carbons (Fsp3) is 0.423. The minimum absolute atomic E-state index is 0.122. The minimum Gasteiger partial charge on any atom is -0.497 e. The van der Waals surface area contributed by atoms with Crippen LogP contribution < -0.4 is 19.9 Å². The van der Waals surface area contributed by atoms with Crippen molar-refractivity contribution in [3.63, 3.8) is 0 Å². The second kappa shape index (κ2) is 14.0. The number of hydrogen-bond acceptors (Lipinski definition) is 6.